The molecule has 17 heavy (non-hydrogen) atoms. The number of carboxylic acids is 1. The first-order valence-corrected chi connectivity index (χ1v) is 5.09. The van der Waals surface area contributed by atoms with Gasteiger partial charge in [0, 0.05) is 24.5 Å². The van der Waals surface area contributed by atoms with Crippen molar-refractivity contribution in [2.45, 2.75) is 6.42 Å². The molecule has 2 N–H and O–H groups in total. The minimum Gasteiger partial charge on any atom is -0.508 e. The molecule has 0 saturated carbocycles. The van der Waals surface area contributed by atoms with Crippen LogP contribution in [-0.2, 0) is 18.3 Å². The molecule has 2 aromatic rings. The van der Waals surface area contributed by atoms with Crippen molar-refractivity contribution in [3.8, 4) is 17.1 Å². The van der Waals surface area contributed by atoms with Crippen molar-refractivity contribution >= 4 is 5.97 Å². The van der Waals surface area contributed by atoms with Gasteiger partial charge in [-0.25, -0.2) is 4.98 Å². The van der Waals surface area contributed by atoms with Crippen molar-refractivity contribution in [2.24, 2.45) is 7.05 Å². The van der Waals surface area contributed by atoms with E-state index in [1.165, 1.54) is 0 Å². The number of carboxylic acid groups (broad SMARTS) is 1. The van der Waals surface area contributed by atoms with Gasteiger partial charge in [0.05, 0.1) is 6.42 Å². The minimum absolute atomic E-state index is 0.0540. The number of aromatic hydroxyl groups is 1. The molecule has 0 spiro atoms. The minimum atomic E-state index is -0.884. The summed E-state index contributed by atoms with van der Waals surface area (Å²) in [5, 5.41) is 17.9. The summed E-state index contributed by atoms with van der Waals surface area (Å²) >= 11 is 0. The summed E-state index contributed by atoms with van der Waals surface area (Å²) in [6.45, 7) is 0. The van der Waals surface area contributed by atoms with Gasteiger partial charge in [-0.2, -0.15) is 0 Å². The van der Waals surface area contributed by atoms with Crippen LogP contribution in [0, 0.1) is 0 Å². The van der Waals surface area contributed by atoms with E-state index in [4.69, 9.17) is 5.11 Å². The van der Waals surface area contributed by atoms with Crippen LogP contribution in [0.5, 0.6) is 5.75 Å². The third-order valence-corrected chi connectivity index (χ3v) is 2.54. The Bertz CT molecular complexity index is 543. The van der Waals surface area contributed by atoms with Crippen LogP contribution in [0.1, 0.15) is 5.69 Å². The van der Waals surface area contributed by atoms with Crippen LogP contribution in [0.3, 0.4) is 0 Å². The van der Waals surface area contributed by atoms with Crippen molar-refractivity contribution in [3.63, 3.8) is 0 Å². The van der Waals surface area contributed by atoms with E-state index in [1.54, 1.807) is 42.1 Å². The average Bonchev–Trinajstić information content (AvgIpc) is 2.61. The molecule has 0 radical (unpaired) electrons. The first-order chi connectivity index (χ1) is 8.08. The van der Waals surface area contributed by atoms with Crippen molar-refractivity contribution in [3.05, 3.63) is 36.2 Å². The molecule has 0 aliphatic rings. The highest BCUT2D eigenvalue weighted by molar-refractivity contribution is 5.70. The van der Waals surface area contributed by atoms with Gasteiger partial charge in [-0.1, -0.05) is 0 Å². The molecule has 0 saturated heterocycles. The van der Waals surface area contributed by atoms with Crippen molar-refractivity contribution < 1.29 is 15.0 Å². The number of hydrogen-bond donors (Lipinski definition) is 2. The Morgan fingerprint density at radius 1 is 1.35 bits per heavy atom. The molecular formula is C12H12N2O3. The number of phenolic OH excluding ortho intramolecular Hbond substituents is 1. The molecule has 5 nitrogen and oxygen atoms in total. The van der Waals surface area contributed by atoms with Crippen LogP contribution in [-0.4, -0.2) is 25.7 Å². The van der Waals surface area contributed by atoms with Crippen molar-refractivity contribution in [1.29, 1.82) is 0 Å². The molecule has 0 amide bonds. The van der Waals surface area contributed by atoms with Crippen molar-refractivity contribution in [1.82, 2.24) is 9.55 Å². The quantitative estimate of drug-likeness (QED) is 0.839. The van der Waals surface area contributed by atoms with Gasteiger partial charge in [-0.05, 0) is 24.3 Å². The predicted octanol–water partition coefficient (Wildman–Crippen LogP) is 1.42. The Morgan fingerprint density at radius 2 is 2.00 bits per heavy atom. The lowest BCUT2D eigenvalue weighted by Crippen LogP contribution is -2.05. The highest BCUT2D eigenvalue weighted by Crippen LogP contribution is 2.21. The Labute approximate surface area is 98.0 Å². The molecule has 88 valence electrons. The molecule has 0 bridgehead atoms. The largest absolute Gasteiger partial charge is 0.508 e. The summed E-state index contributed by atoms with van der Waals surface area (Å²) in [6, 6.07) is 6.62. The van der Waals surface area contributed by atoms with Crippen LogP contribution in [0.25, 0.3) is 11.4 Å². The number of aliphatic carboxylic acids is 1. The van der Waals surface area contributed by atoms with Gasteiger partial charge in [0.1, 0.15) is 11.6 Å². The molecular weight excluding hydrogens is 220 g/mol. The summed E-state index contributed by atoms with van der Waals surface area (Å²) < 4.78 is 1.74. The number of rotatable bonds is 3. The number of nitrogens with zero attached hydrogens (tertiary/aromatic N) is 2. The average molecular weight is 232 g/mol. The Hall–Kier alpha value is -2.30. The van der Waals surface area contributed by atoms with E-state index < -0.39 is 5.97 Å². The number of hydrogen-bond acceptors (Lipinski definition) is 3. The lowest BCUT2D eigenvalue weighted by Gasteiger charge is -2.04. The second-order valence-corrected chi connectivity index (χ2v) is 3.75. The zero-order valence-corrected chi connectivity index (χ0v) is 9.29. The fraction of sp³-hybridized carbons (Fsp3) is 0.167. The summed E-state index contributed by atoms with van der Waals surface area (Å²) in [5.41, 5.74) is 1.47. The van der Waals surface area contributed by atoms with Crippen molar-refractivity contribution in [2.75, 3.05) is 0 Å². The molecule has 5 heteroatoms. The molecule has 1 aromatic carbocycles. The molecule has 0 aliphatic heterocycles. The molecule has 1 aromatic heterocycles. The third-order valence-electron chi connectivity index (χ3n) is 2.54. The summed E-state index contributed by atoms with van der Waals surface area (Å²) in [4.78, 5) is 14.8. The third kappa shape index (κ3) is 2.28. The second kappa shape index (κ2) is 4.29. The van der Waals surface area contributed by atoms with E-state index >= 15 is 0 Å². The SMILES string of the molecule is Cn1c(CC(=O)O)cnc1-c1ccc(O)cc1. The van der Waals surface area contributed by atoms with Gasteiger partial charge in [0.2, 0.25) is 0 Å². The topological polar surface area (TPSA) is 75.4 Å². The maximum Gasteiger partial charge on any atom is 0.309 e. The van der Waals surface area contributed by atoms with Gasteiger partial charge < -0.3 is 14.8 Å². The van der Waals surface area contributed by atoms with Gasteiger partial charge in [0.25, 0.3) is 0 Å². The maximum atomic E-state index is 10.6. The highest BCUT2D eigenvalue weighted by atomic mass is 16.4. The Kier molecular flexibility index (Phi) is 2.82. The molecule has 2 rings (SSSR count). The van der Waals surface area contributed by atoms with Crippen LogP contribution in [0.4, 0.5) is 0 Å². The van der Waals surface area contributed by atoms with E-state index in [1.807, 2.05) is 0 Å². The Morgan fingerprint density at radius 3 is 2.59 bits per heavy atom. The number of imidazole rings is 1. The number of phenols is 1. The number of carbonyl (C=O) groups is 1. The normalized spacial score (nSPS) is 10.4. The zero-order chi connectivity index (χ0) is 12.4. The fourth-order valence-corrected chi connectivity index (χ4v) is 1.64. The molecule has 1 heterocycles. The zero-order valence-electron chi connectivity index (χ0n) is 9.29. The number of benzene rings is 1. The highest BCUT2D eigenvalue weighted by Gasteiger charge is 2.11. The van der Waals surface area contributed by atoms with Crippen LogP contribution in [0.2, 0.25) is 0 Å². The van der Waals surface area contributed by atoms with Crippen LogP contribution < -0.4 is 0 Å². The summed E-state index contributed by atoms with van der Waals surface area (Å²) in [6.07, 6.45) is 1.50. The molecule has 0 aliphatic carbocycles. The second-order valence-electron chi connectivity index (χ2n) is 3.75. The Balaban J connectivity index is 2.37. The van der Waals surface area contributed by atoms with Crippen LogP contribution >= 0.6 is 0 Å². The monoisotopic (exact) mass is 232 g/mol. The van der Waals surface area contributed by atoms with E-state index in [2.05, 4.69) is 4.98 Å². The first-order valence-electron chi connectivity index (χ1n) is 5.09. The van der Waals surface area contributed by atoms with E-state index in [0.29, 0.717) is 11.5 Å². The fourth-order valence-electron chi connectivity index (χ4n) is 1.64. The maximum absolute atomic E-state index is 10.6. The number of aromatic nitrogens is 2. The molecule has 0 unspecified atom stereocenters. The van der Waals surface area contributed by atoms with Gasteiger partial charge in [-0.15, -0.1) is 0 Å². The summed E-state index contributed by atoms with van der Waals surface area (Å²) in [7, 11) is 1.77. The standard InChI is InChI=1S/C12H12N2O3/c1-14-9(6-11(16)17)7-13-12(14)8-2-4-10(15)5-3-8/h2-5,7,15H,6H2,1H3,(H,16,17). The lowest BCUT2D eigenvalue weighted by molar-refractivity contribution is -0.136. The smallest absolute Gasteiger partial charge is 0.309 e. The van der Waals surface area contributed by atoms with E-state index in [9.17, 15) is 9.90 Å². The molecule has 0 atom stereocenters. The lowest BCUT2D eigenvalue weighted by atomic mass is 10.2. The summed E-state index contributed by atoms with van der Waals surface area (Å²) in [5.74, 6) is -0.0137. The molecule has 0 fully saturated rings. The van der Waals surface area contributed by atoms with Crippen LogP contribution in [0.15, 0.2) is 30.5 Å². The van der Waals surface area contributed by atoms with Gasteiger partial charge >= 0.3 is 5.97 Å². The predicted molar refractivity (Wildman–Crippen MR) is 61.6 cm³/mol. The van der Waals surface area contributed by atoms with Gasteiger partial charge in [-0.3, -0.25) is 4.79 Å². The first kappa shape index (κ1) is 11.2. The van der Waals surface area contributed by atoms with E-state index in [-0.39, 0.29) is 12.2 Å². The van der Waals surface area contributed by atoms with E-state index in [0.717, 1.165) is 5.56 Å². The van der Waals surface area contributed by atoms with Gasteiger partial charge in [0.15, 0.2) is 0 Å².